The molecule has 90 valence electrons. The molecule has 0 aromatic carbocycles. The molecule has 2 aromatic heterocycles. The van der Waals surface area contributed by atoms with Crippen LogP contribution in [0.25, 0.3) is 10.8 Å². The summed E-state index contributed by atoms with van der Waals surface area (Å²) in [4.78, 5) is 3.17. The van der Waals surface area contributed by atoms with E-state index in [1.54, 1.807) is 11.3 Å². The zero-order valence-electron chi connectivity index (χ0n) is 8.97. The van der Waals surface area contributed by atoms with Gasteiger partial charge in [-0.15, -0.1) is 21.5 Å². The van der Waals surface area contributed by atoms with Crippen molar-refractivity contribution in [3.63, 3.8) is 0 Å². The predicted octanol–water partition coefficient (Wildman–Crippen LogP) is 1.70. The molecule has 5 nitrogen and oxygen atoms in total. The molecular weight excluding hydrogens is 304 g/mol. The molecule has 1 saturated heterocycles. The summed E-state index contributed by atoms with van der Waals surface area (Å²) in [5.74, 6) is 1.23. The Bertz CT molecular complexity index is 520. The number of halogens is 1. The Labute approximate surface area is 111 Å². The molecule has 17 heavy (non-hydrogen) atoms. The van der Waals surface area contributed by atoms with E-state index >= 15 is 0 Å². The number of likely N-dealkylation sites (tertiary alicyclic amines) is 1. The van der Waals surface area contributed by atoms with Gasteiger partial charge in [0, 0.05) is 19.1 Å². The summed E-state index contributed by atoms with van der Waals surface area (Å²) in [5, 5.41) is 8.09. The fourth-order valence-corrected chi connectivity index (χ4v) is 3.08. The van der Waals surface area contributed by atoms with Crippen molar-refractivity contribution in [3.8, 4) is 10.8 Å². The molecule has 0 radical (unpaired) electrons. The van der Waals surface area contributed by atoms with Crippen LogP contribution in [0, 0.1) is 0 Å². The third-order valence-corrected chi connectivity index (χ3v) is 4.21. The van der Waals surface area contributed by atoms with Gasteiger partial charge in [-0.05, 0) is 28.1 Å². The van der Waals surface area contributed by atoms with Crippen molar-refractivity contribution in [2.75, 3.05) is 13.1 Å². The fourth-order valence-electron chi connectivity index (χ4n) is 1.78. The average molecular weight is 315 g/mol. The number of hydrogen-bond acceptors (Lipinski definition) is 6. The van der Waals surface area contributed by atoms with Crippen LogP contribution in [0.2, 0.25) is 0 Å². The quantitative estimate of drug-likeness (QED) is 0.934. The van der Waals surface area contributed by atoms with Crippen LogP contribution in [0.5, 0.6) is 0 Å². The maximum atomic E-state index is 5.71. The Morgan fingerprint density at radius 2 is 2.29 bits per heavy atom. The van der Waals surface area contributed by atoms with Gasteiger partial charge in [0.2, 0.25) is 5.89 Å². The SMILES string of the molecule is NC1CN(Cc2nnc(-c3ccc(Br)s3)o2)C1. The van der Waals surface area contributed by atoms with E-state index in [0.717, 1.165) is 21.8 Å². The van der Waals surface area contributed by atoms with Crippen molar-refractivity contribution in [2.24, 2.45) is 5.73 Å². The van der Waals surface area contributed by atoms with E-state index in [1.807, 2.05) is 12.1 Å². The van der Waals surface area contributed by atoms with Crippen LogP contribution in [0.3, 0.4) is 0 Å². The highest BCUT2D eigenvalue weighted by molar-refractivity contribution is 9.11. The second-order valence-corrected chi connectivity index (χ2v) is 6.52. The minimum Gasteiger partial charge on any atom is -0.419 e. The lowest BCUT2D eigenvalue weighted by molar-refractivity contribution is 0.129. The summed E-state index contributed by atoms with van der Waals surface area (Å²) >= 11 is 4.99. The molecule has 0 bridgehead atoms. The first-order valence-electron chi connectivity index (χ1n) is 5.27. The largest absolute Gasteiger partial charge is 0.419 e. The van der Waals surface area contributed by atoms with Crippen molar-refractivity contribution in [2.45, 2.75) is 12.6 Å². The Morgan fingerprint density at radius 3 is 2.94 bits per heavy atom. The van der Waals surface area contributed by atoms with Gasteiger partial charge in [0.15, 0.2) is 0 Å². The van der Waals surface area contributed by atoms with Crippen LogP contribution in [0.4, 0.5) is 0 Å². The third-order valence-electron chi connectivity index (χ3n) is 2.60. The highest BCUT2D eigenvalue weighted by Gasteiger charge is 2.24. The first kappa shape index (κ1) is 11.3. The molecular formula is C10H11BrN4OS. The second kappa shape index (κ2) is 4.49. The van der Waals surface area contributed by atoms with Crippen molar-refractivity contribution >= 4 is 27.3 Å². The lowest BCUT2D eigenvalue weighted by Crippen LogP contribution is -2.54. The van der Waals surface area contributed by atoms with Crippen LogP contribution in [0.1, 0.15) is 5.89 Å². The van der Waals surface area contributed by atoms with Gasteiger partial charge in [0.05, 0.1) is 15.2 Å². The van der Waals surface area contributed by atoms with Crippen molar-refractivity contribution < 1.29 is 4.42 Å². The molecule has 1 aliphatic rings. The van der Waals surface area contributed by atoms with Crippen LogP contribution in [0.15, 0.2) is 20.3 Å². The van der Waals surface area contributed by atoms with E-state index in [-0.39, 0.29) is 0 Å². The molecule has 0 spiro atoms. The van der Waals surface area contributed by atoms with Gasteiger partial charge < -0.3 is 10.2 Å². The highest BCUT2D eigenvalue weighted by atomic mass is 79.9. The van der Waals surface area contributed by atoms with Gasteiger partial charge in [0.1, 0.15) is 0 Å². The summed E-state index contributed by atoms with van der Waals surface area (Å²) in [7, 11) is 0. The standard InChI is InChI=1S/C10H11BrN4OS/c11-8-2-1-7(17-8)10-14-13-9(16-10)5-15-3-6(12)4-15/h1-2,6H,3-5,12H2. The molecule has 1 aliphatic heterocycles. The maximum Gasteiger partial charge on any atom is 0.257 e. The van der Waals surface area contributed by atoms with Gasteiger partial charge in [-0.3, -0.25) is 4.90 Å². The molecule has 0 unspecified atom stereocenters. The molecule has 7 heteroatoms. The first-order valence-corrected chi connectivity index (χ1v) is 6.87. The summed E-state index contributed by atoms with van der Waals surface area (Å²) in [6, 6.07) is 4.23. The van der Waals surface area contributed by atoms with Crippen LogP contribution in [-0.2, 0) is 6.54 Å². The average Bonchev–Trinajstić information content (AvgIpc) is 2.84. The topological polar surface area (TPSA) is 68.2 Å². The third kappa shape index (κ3) is 2.42. The number of hydrogen-bond donors (Lipinski definition) is 1. The molecule has 0 amide bonds. The van der Waals surface area contributed by atoms with Gasteiger partial charge in [-0.25, -0.2) is 0 Å². The van der Waals surface area contributed by atoms with Crippen molar-refractivity contribution in [1.82, 2.24) is 15.1 Å². The van der Waals surface area contributed by atoms with Crippen molar-refractivity contribution in [3.05, 3.63) is 21.8 Å². The fraction of sp³-hybridized carbons (Fsp3) is 0.400. The van der Waals surface area contributed by atoms with E-state index in [1.165, 1.54) is 0 Å². The molecule has 0 atom stereocenters. The normalized spacial score (nSPS) is 17.3. The maximum absolute atomic E-state index is 5.71. The highest BCUT2D eigenvalue weighted by Crippen LogP contribution is 2.30. The van der Waals surface area contributed by atoms with Gasteiger partial charge in [0.25, 0.3) is 5.89 Å². The van der Waals surface area contributed by atoms with Crippen LogP contribution >= 0.6 is 27.3 Å². The Kier molecular flexibility index (Phi) is 2.99. The molecule has 2 N–H and O–H groups in total. The van der Waals surface area contributed by atoms with Crippen LogP contribution < -0.4 is 5.73 Å². The molecule has 3 rings (SSSR count). The lowest BCUT2D eigenvalue weighted by Gasteiger charge is -2.35. The second-order valence-electron chi connectivity index (χ2n) is 4.06. The van der Waals surface area contributed by atoms with Gasteiger partial charge in [-0.2, -0.15) is 0 Å². The molecule has 3 heterocycles. The van der Waals surface area contributed by atoms with E-state index in [4.69, 9.17) is 10.2 Å². The van der Waals surface area contributed by atoms with Gasteiger partial charge >= 0.3 is 0 Å². The number of thiophene rings is 1. The van der Waals surface area contributed by atoms with Crippen LogP contribution in [-0.4, -0.2) is 34.2 Å². The monoisotopic (exact) mass is 314 g/mol. The summed E-state index contributed by atoms with van der Waals surface area (Å²) < 4.78 is 6.67. The van der Waals surface area contributed by atoms with E-state index in [0.29, 0.717) is 24.4 Å². The van der Waals surface area contributed by atoms with E-state index in [9.17, 15) is 0 Å². The van der Waals surface area contributed by atoms with E-state index < -0.39 is 0 Å². The lowest BCUT2D eigenvalue weighted by atomic mass is 10.1. The Hall–Kier alpha value is -0.760. The number of aromatic nitrogens is 2. The molecule has 1 fully saturated rings. The smallest absolute Gasteiger partial charge is 0.257 e. The molecule has 0 aliphatic carbocycles. The predicted molar refractivity (Wildman–Crippen MR) is 68.6 cm³/mol. The Morgan fingerprint density at radius 1 is 1.47 bits per heavy atom. The van der Waals surface area contributed by atoms with Crippen molar-refractivity contribution in [1.29, 1.82) is 0 Å². The number of nitrogens with zero attached hydrogens (tertiary/aromatic N) is 3. The van der Waals surface area contributed by atoms with E-state index in [2.05, 4.69) is 31.0 Å². The summed E-state index contributed by atoms with van der Waals surface area (Å²) in [6.07, 6.45) is 0. The first-order chi connectivity index (χ1) is 8.20. The Balaban J connectivity index is 1.70. The number of nitrogens with two attached hydrogens (primary N) is 1. The zero-order valence-corrected chi connectivity index (χ0v) is 11.4. The molecule has 0 saturated carbocycles. The number of rotatable bonds is 3. The van der Waals surface area contributed by atoms with Gasteiger partial charge in [-0.1, -0.05) is 0 Å². The molecule has 2 aromatic rings. The minimum absolute atomic E-state index is 0.297. The minimum atomic E-state index is 0.297. The summed E-state index contributed by atoms with van der Waals surface area (Å²) in [6.45, 7) is 2.50. The zero-order chi connectivity index (χ0) is 11.8. The summed E-state index contributed by atoms with van der Waals surface area (Å²) in [5.41, 5.74) is 5.71.